The van der Waals surface area contributed by atoms with E-state index in [1.807, 2.05) is 4.72 Å². The second kappa shape index (κ2) is 9.05. The molecule has 34 heavy (non-hydrogen) atoms. The molecule has 3 aromatic rings. The number of carbonyl (C=O) groups is 1. The summed E-state index contributed by atoms with van der Waals surface area (Å²) in [6.07, 6.45) is 0. The van der Waals surface area contributed by atoms with Crippen molar-refractivity contribution in [1.29, 1.82) is 0 Å². The Hall–Kier alpha value is -2.89. The fourth-order valence-electron chi connectivity index (χ4n) is 3.39. The summed E-state index contributed by atoms with van der Waals surface area (Å²) in [5.74, 6) is -3.20. The summed E-state index contributed by atoms with van der Waals surface area (Å²) in [6.45, 7) is 0.103. The van der Waals surface area contributed by atoms with Gasteiger partial charge in [0, 0.05) is 34.8 Å². The second-order valence-electron chi connectivity index (χ2n) is 7.44. The van der Waals surface area contributed by atoms with Crippen LogP contribution in [0.2, 0.25) is 5.02 Å². The largest absolute Gasteiger partial charge is 0.505 e. The van der Waals surface area contributed by atoms with Crippen molar-refractivity contribution in [3.05, 3.63) is 69.2 Å². The number of anilines is 1. The Morgan fingerprint density at radius 3 is 2.59 bits per heavy atom. The van der Waals surface area contributed by atoms with Gasteiger partial charge in [0.15, 0.2) is 0 Å². The van der Waals surface area contributed by atoms with Crippen molar-refractivity contribution in [3.63, 3.8) is 0 Å². The standard InChI is InChI=1S/C22H16BrClF2N2O5S/c1-28-4-5-33-19-3-2-12(24)8-14(19)13-9-18(17(26)10-16(13)25)27-34(31,32)20-7-11(22(28)30)6-15(23)21(20)29/h2-3,6-10,27,29H,4-5H2,1H3. The quantitative estimate of drug-likeness (QED) is 0.394. The molecule has 178 valence electrons. The average molecular weight is 574 g/mol. The normalized spacial score (nSPS) is 15.4. The highest BCUT2D eigenvalue weighted by molar-refractivity contribution is 9.10. The maximum absolute atomic E-state index is 14.8. The molecule has 0 aromatic heterocycles. The number of likely N-dealkylation sites (N-methyl/N-ethyl adjacent to an activating group) is 1. The van der Waals surface area contributed by atoms with Crippen LogP contribution in [0.1, 0.15) is 10.4 Å². The number of hydrogen-bond donors (Lipinski definition) is 2. The lowest BCUT2D eigenvalue weighted by Crippen LogP contribution is -2.31. The molecule has 4 rings (SSSR count). The van der Waals surface area contributed by atoms with Crippen molar-refractivity contribution in [2.24, 2.45) is 0 Å². The first-order valence-electron chi connectivity index (χ1n) is 9.70. The van der Waals surface area contributed by atoms with E-state index in [1.165, 1.54) is 36.2 Å². The number of carbonyl (C=O) groups excluding carboxylic acids is 1. The highest BCUT2D eigenvalue weighted by atomic mass is 79.9. The minimum atomic E-state index is -4.61. The monoisotopic (exact) mass is 572 g/mol. The number of nitrogens with zero attached hydrogens (tertiary/aromatic N) is 1. The molecule has 1 aliphatic rings. The number of fused-ring (bicyclic) bond motifs is 6. The second-order valence-corrected chi connectivity index (χ2v) is 10.4. The van der Waals surface area contributed by atoms with Gasteiger partial charge >= 0.3 is 0 Å². The van der Waals surface area contributed by atoms with Gasteiger partial charge in [0.1, 0.15) is 34.6 Å². The van der Waals surface area contributed by atoms with Gasteiger partial charge in [-0.05, 0) is 52.3 Å². The predicted molar refractivity (Wildman–Crippen MR) is 126 cm³/mol. The molecule has 7 nitrogen and oxygen atoms in total. The van der Waals surface area contributed by atoms with Crippen LogP contribution in [0.5, 0.6) is 11.5 Å². The predicted octanol–water partition coefficient (Wildman–Crippen LogP) is 5.02. The van der Waals surface area contributed by atoms with E-state index in [0.717, 1.165) is 12.1 Å². The van der Waals surface area contributed by atoms with Crippen molar-refractivity contribution < 1.29 is 31.8 Å². The summed E-state index contributed by atoms with van der Waals surface area (Å²) in [5, 5.41) is 10.6. The number of benzene rings is 3. The fraction of sp³-hybridized carbons (Fsp3) is 0.136. The summed E-state index contributed by atoms with van der Waals surface area (Å²) < 4.78 is 63.3. The van der Waals surface area contributed by atoms with Crippen LogP contribution in [-0.4, -0.2) is 44.5 Å². The van der Waals surface area contributed by atoms with E-state index in [4.69, 9.17) is 16.3 Å². The Kier molecular flexibility index (Phi) is 6.45. The number of amides is 1. The Bertz CT molecular complexity index is 1440. The first-order valence-corrected chi connectivity index (χ1v) is 12.4. The van der Waals surface area contributed by atoms with Crippen LogP contribution in [0.25, 0.3) is 11.1 Å². The number of ether oxygens (including phenoxy) is 1. The molecule has 0 atom stereocenters. The molecule has 1 amide bonds. The van der Waals surface area contributed by atoms with Gasteiger partial charge in [-0.15, -0.1) is 0 Å². The molecule has 0 unspecified atom stereocenters. The van der Waals surface area contributed by atoms with E-state index in [0.29, 0.717) is 6.07 Å². The third-order valence-electron chi connectivity index (χ3n) is 5.13. The zero-order valence-electron chi connectivity index (χ0n) is 17.4. The number of phenols is 1. The van der Waals surface area contributed by atoms with Gasteiger partial charge in [-0.3, -0.25) is 9.52 Å². The zero-order chi connectivity index (χ0) is 24.8. The van der Waals surface area contributed by atoms with Crippen LogP contribution in [0.3, 0.4) is 0 Å². The fourth-order valence-corrected chi connectivity index (χ4v) is 5.35. The Morgan fingerprint density at radius 1 is 1.12 bits per heavy atom. The van der Waals surface area contributed by atoms with E-state index in [2.05, 4.69) is 15.9 Å². The Morgan fingerprint density at radius 2 is 1.85 bits per heavy atom. The molecule has 12 heteroatoms. The molecule has 2 N–H and O–H groups in total. The molecule has 0 saturated carbocycles. The van der Waals surface area contributed by atoms with E-state index < -0.39 is 43.9 Å². The topological polar surface area (TPSA) is 95.9 Å². The molecule has 0 radical (unpaired) electrons. The summed E-state index contributed by atoms with van der Waals surface area (Å²) >= 11 is 9.12. The SMILES string of the molecule is CN1CCOc2ccc(Cl)cc2-c2cc(c(F)cc2F)NS(=O)(=O)c2cc(cc(Br)c2O)C1=O. The van der Waals surface area contributed by atoms with Gasteiger partial charge in [-0.2, -0.15) is 0 Å². The molecule has 4 bridgehead atoms. The van der Waals surface area contributed by atoms with Gasteiger partial charge in [-0.1, -0.05) is 11.6 Å². The van der Waals surface area contributed by atoms with Crippen molar-refractivity contribution in [1.82, 2.24) is 4.90 Å². The first kappa shape index (κ1) is 24.2. The lowest BCUT2D eigenvalue weighted by molar-refractivity contribution is 0.0773. The molecule has 3 aromatic carbocycles. The molecule has 1 aliphatic heterocycles. The molecule has 0 spiro atoms. The number of phenolic OH excluding ortho intramolecular Hbond substituents is 1. The number of nitrogens with one attached hydrogen (secondary N) is 1. The van der Waals surface area contributed by atoms with Crippen LogP contribution >= 0.6 is 27.5 Å². The van der Waals surface area contributed by atoms with E-state index in [1.54, 1.807) is 0 Å². The van der Waals surface area contributed by atoms with Gasteiger partial charge in [-0.25, -0.2) is 17.2 Å². The minimum absolute atomic E-state index is 0.00913. The van der Waals surface area contributed by atoms with Gasteiger partial charge < -0.3 is 14.7 Å². The molecular formula is C22H16BrClF2N2O5S. The summed E-state index contributed by atoms with van der Waals surface area (Å²) in [7, 11) is -3.13. The van der Waals surface area contributed by atoms with Crippen LogP contribution in [-0.2, 0) is 10.0 Å². The number of sulfonamides is 1. The highest BCUT2D eigenvalue weighted by Gasteiger charge is 2.27. The molecule has 0 aliphatic carbocycles. The van der Waals surface area contributed by atoms with Crippen LogP contribution in [0.15, 0.2) is 51.8 Å². The maximum Gasteiger partial charge on any atom is 0.265 e. The third kappa shape index (κ3) is 4.55. The van der Waals surface area contributed by atoms with E-state index in [9.17, 15) is 27.1 Å². The van der Waals surface area contributed by atoms with Crippen molar-refractivity contribution in [3.8, 4) is 22.6 Å². The minimum Gasteiger partial charge on any atom is -0.505 e. The van der Waals surface area contributed by atoms with Crippen LogP contribution in [0, 0.1) is 11.6 Å². The van der Waals surface area contributed by atoms with Gasteiger partial charge in [0.25, 0.3) is 15.9 Å². The molecule has 1 heterocycles. The maximum atomic E-state index is 14.8. The van der Waals surface area contributed by atoms with Gasteiger partial charge in [0.05, 0.1) is 16.7 Å². The lowest BCUT2D eigenvalue weighted by Gasteiger charge is -2.19. The van der Waals surface area contributed by atoms with Crippen LogP contribution < -0.4 is 9.46 Å². The number of rotatable bonds is 0. The lowest BCUT2D eigenvalue weighted by atomic mass is 10.0. The van der Waals surface area contributed by atoms with Crippen molar-refractivity contribution in [2.45, 2.75) is 4.90 Å². The number of aromatic hydroxyl groups is 1. The zero-order valence-corrected chi connectivity index (χ0v) is 20.6. The molecule has 0 saturated heterocycles. The number of hydrogen-bond acceptors (Lipinski definition) is 5. The van der Waals surface area contributed by atoms with Crippen molar-refractivity contribution in [2.75, 3.05) is 24.9 Å². The average Bonchev–Trinajstić information content (AvgIpc) is 2.77. The van der Waals surface area contributed by atoms with Gasteiger partial charge in [0.2, 0.25) is 0 Å². The Labute approximate surface area is 207 Å². The third-order valence-corrected chi connectivity index (χ3v) is 7.35. The summed E-state index contributed by atoms with van der Waals surface area (Å²) in [4.78, 5) is 13.5. The molecular weight excluding hydrogens is 558 g/mol. The van der Waals surface area contributed by atoms with Crippen LogP contribution in [0.4, 0.5) is 14.5 Å². The summed E-state index contributed by atoms with van der Waals surface area (Å²) in [5.41, 5.74) is -0.646. The van der Waals surface area contributed by atoms with Crippen molar-refractivity contribution >= 4 is 49.1 Å². The smallest absolute Gasteiger partial charge is 0.265 e. The first-order chi connectivity index (χ1) is 16.0. The molecule has 0 fully saturated rings. The summed E-state index contributed by atoms with van der Waals surface area (Å²) in [6, 6.07) is 8.12. The Balaban J connectivity index is 1.97. The number of halogens is 4. The van der Waals surface area contributed by atoms with E-state index >= 15 is 0 Å². The highest BCUT2D eigenvalue weighted by Crippen LogP contribution is 2.38. The van der Waals surface area contributed by atoms with E-state index in [-0.39, 0.29) is 45.1 Å².